The first kappa shape index (κ1) is 16.9. The van der Waals surface area contributed by atoms with E-state index in [9.17, 15) is 9.59 Å². The average molecular weight is 349 g/mol. The fourth-order valence-corrected chi connectivity index (χ4v) is 2.65. The number of methoxy groups -OCH3 is 1. The van der Waals surface area contributed by atoms with E-state index in [1.165, 1.54) is 18.4 Å². The van der Waals surface area contributed by atoms with Crippen LogP contribution in [0.1, 0.15) is 25.6 Å². The Kier molecular flexibility index (Phi) is 5.67. The Morgan fingerprint density at radius 3 is 2.57 bits per heavy atom. The van der Waals surface area contributed by atoms with E-state index < -0.39 is 5.91 Å². The molecular formula is C15H15N3O3S2. The van der Waals surface area contributed by atoms with Crippen LogP contribution in [0.5, 0.6) is 5.75 Å². The first-order chi connectivity index (χ1) is 11.0. The Morgan fingerprint density at radius 2 is 1.91 bits per heavy atom. The van der Waals surface area contributed by atoms with Crippen LogP contribution in [0.15, 0.2) is 35.7 Å². The highest BCUT2D eigenvalue weighted by molar-refractivity contribution is 7.80. The summed E-state index contributed by atoms with van der Waals surface area (Å²) in [6.45, 7) is 1.84. The standard InChI is InChI=1S/C15H15N3O3S2/c1-9-5-3-6-10(12(9)21-2)13(19)16-15(22)18-17-14(20)11-7-4-8-23-11/h3-8H,1-2H3,(H,17,20)(H2,16,18,19,22). The van der Waals surface area contributed by atoms with Crippen LogP contribution in [0.2, 0.25) is 0 Å². The summed E-state index contributed by atoms with van der Waals surface area (Å²) in [5.74, 6) is -0.270. The van der Waals surface area contributed by atoms with E-state index in [1.807, 2.05) is 13.0 Å². The molecule has 2 aromatic rings. The van der Waals surface area contributed by atoms with Crippen LogP contribution in [-0.2, 0) is 0 Å². The maximum absolute atomic E-state index is 12.2. The molecule has 8 heteroatoms. The molecule has 6 nitrogen and oxygen atoms in total. The molecule has 0 bridgehead atoms. The Hall–Kier alpha value is -2.45. The number of thiophene rings is 1. The minimum absolute atomic E-state index is 0.0107. The number of rotatable bonds is 3. The van der Waals surface area contributed by atoms with Crippen LogP contribution in [0.25, 0.3) is 0 Å². The largest absolute Gasteiger partial charge is 0.496 e. The minimum Gasteiger partial charge on any atom is -0.496 e. The van der Waals surface area contributed by atoms with Gasteiger partial charge in [0.05, 0.1) is 17.6 Å². The smallest absolute Gasteiger partial charge is 0.279 e. The normalized spacial score (nSPS) is 9.83. The van der Waals surface area contributed by atoms with Crippen molar-refractivity contribution in [2.75, 3.05) is 7.11 Å². The van der Waals surface area contributed by atoms with Crippen molar-refractivity contribution >= 4 is 40.5 Å². The third kappa shape index (κ3) is 4.27. The van der Waals surface area contributed by atoms with Crippen molar-refractivity contribution in [3.63, 3.8) is 0 Å². The lowest BCUT2D eigenvalue weighted by molar-refractivity contribution is 0.0937. The van der Waals surface area contributed by atoms with Gasteiger partial charge in [-0.2, -0.15) is 0 Å². The summed E-state index contributed by atoms with van der Waals surface area (Å²) in [6.07, 6.45) is 0. The molecule has 0 fully saturated rings. The van der Waals surface area contributed by atoms with Crippen LogP contribution in [0, 0.1) is 6.92 Å². The van der Waals surface area contributed by atoms with Gasteiger partial charge in [-0.25, -0.2) is 0 Å². The maximum Gasteiger partial charge on any atom is 0.279 e. The van der Waals surface area contributed by atoms with Crippen LogP contribution >= 0.6 is 23.6 Å². The van der Waals surface area contributed by atoms with E-state index in [0.29, 0.717) is 16.2 Å². The van der Waals surface area contributed by atoms with Gasteiger partial charge in [0.2, 0.25) is 0 Å². The summed E-state index contributed by atoms with van der Waals surface area (Å²) < 4.78 is 5.23. The number of carbonyl (C=O) groups excluding carboxylic acids is 2. The highest BCUT2D eigenvalue weighted by Gasteiger charge is 2.15. The minimum atomic E-state index is -0.423. The molecule has 0 unspecified atom stereocenters. The predicted octanol–water partition coefficient (Wildman–Crippen LogP) is 2.01. The first-order valence-corrected chi connectivity index (χ1v) is 7.90. The van der Waals surface area contributed by atoms with Crippen LogP contribution in [0.4, 0.5) is 0 Å². The van der Waals surface area contributed by atoms with Crippen LogP contribution in [-0.4, -0.2) is 24.0 Å². The van der Waals surface area contributed by atoms with Crippen molar-refractivity contribution in [2.24, 2.45) is 0 Å². The van der Waals surface area contributed by atoms with Gasteiger partial charge in [-0.05, 0) is 42.2 Å². The molecule has 0 saturated heterocycles. The maximum atomic E-state index is 12.2. The highest BCUT2D eigenvalue weighted by atomic mass is 32.1. The van der Waals surface area contributed by atoms with Crippen molar-refractivity contribution in [3.8, 4) is 5.75 Å². The number of hydrazine groups is 1. The SMILES string of the molecule is COc1c(C)cccc1C(=O)NC(=S)NNC(=O)c1cccs1. The Labute approximate surface area is 142 Å². The van der Waals surface area contributed by atoms with Crippen molar-refractivity contribution in [2.45, 2.75) is 6.92 Å². The molecule has 2 amide bonds. The number of hydrogen-bond donors (Lipinski definition) is 3. The lowest BCUT2D eigenvalue weighted by atomic mass is 10.1. The van der Waals surface area contributed by atoms with Gasteiger partial charge in [0.1, 0.15) is 5.75 Å². The number of amides is 2. The molecule has 0 aliphatic rings. The van der Waals surface area contributed by atoms with Gasteiger partial charge < -0.3 is 4.74 Å². The molecule has 3 N–H and O–H groups in total. The predicted molar refractivity (Wildman–Crippen MR) is 92.7 cm³/mol. The molecule has 120 valence electrons. The zero-order valence-electron chi connectivity index (χ0n) is 12.5. The lowest BCUT2D eigenvalue weighted by Crippen LogP contribution is -2.48. The fourth-order valence-electron chi connectivity index (χ4n) is 1.89. The molecule has 23 heavy (non-hydrogen) atoms. The van der Waals surface area contributed by atoms with E-state index in [2.05, 4.69) is 16.2 Å². The number of ether oxygens (including phenoxy) is 1. The summed E-state index contributed by atoms with van der Waals surface area (Å²) in [6, 6.07) is 8.67. The number of para-hydroxylation sites is 1. The van der Waals surface area contributed by atoms with Crippen LogP contribution in [0.3, 0.4) is 0 Å². The van der Waals surface area contributed by atoms with Crippen molar-refractivity contribution in [3.05, 3.63) is 51.7 Å². The van der Waals surface area contributed by atoms with E-state index in [1.54, 1.807) is 29.6 Å². The summed E-state index contributed by atoms with van der Waals surface area (Å²) in [4.78, 5) is 24.5. The second-order valence-electron chi connectivity index (χ2n) is 4.50. The molecule has 0 aliphatic carbocycles. The number of carbonyl (C=O) groups is 2. The third-order valence-electron chi connectivity index (χ3n) is 2.92. The third-order valence-corrected chi connectivity index (χ3v) is 3.99. The monoisotopic (exact) mass is 349 g/mol. The van der Waals surface area contributed by atoms with E-state index in [0.717, 1.165) is 5.56 Å². The summed E-state index contributed by atoms with van der Waals surface area (Å²) in [5, 5.41) is 4.27. The van der Waals surface area contributed by atoms with Crippen molar-refractivity contribution in [1.29, 1.82) is 0 Å². The molecule has 0 aliphatic heterocycles. The molecule has 0 radical (unpaired) electrons. The van der Waals surface area contributed by atoms with Gasteiger partial charge in [-0.1, -0.05) is 18.2 Å². The fraction of sp³-hybridized carbons (Fsp3) is 0.133. The molecular weight excluding hydrogens is 334 g/mol. The second kappa shape index (κ2) is 7.70. The first-order valence-electron chi connectivity index (χ1n) is 6.61. The molecule has 0 atom stereocenters. The zero-order valence-corrected chi connectivity index (χ0v) is 14.1. The van der Waals surface area contributed by atoms with E-state index in [4.69, 9.17) is 17.0 Å². The summed E-state index contributed by atoms with van der Waals surface area (Å²) >= 11 is 6.30. The molecule has 1 aromatic heterocycles. The number of benzene rings is 1. The molecule has 0 spiro atoms. The summed E-state index contributed by atoms with van der Waals surface area (Å²) in [7, 11) is 1.50. The topological polar surface area (TPSA) is 79.5 Å². The Balaban J connectivity index is 1.94. The Bertz CT molecular complexity index is 730. The van der Waals surface area contributed by atoms with Crippen LogP contribution < -0.4 is 20.9 Å². The quantitative estimate of drug-likeness (QED) is 0.584. The van der Waals surface area contributed by atoms with Gasteiger partial charge in [0, 0.05) is 0 Å². The lowest BCUT2D eigenvalue weighted by Gasteiger charge is -2.13. The molecule has 2 rings (SSSR count). The second-order valence-corrected chi connectivity index (χ2v) is 5.85. The molecule has 0 saturated carbocycles. The van der Waals surface area contributed by atoms with Gasteiger partial charge in [0.25, 0.3) is 11.8 Å². The van der Waals surface area contributed by atoms with E-state index >= 15 is 0 Å². The van der Waals surface area contributed by atoms with Gasteiger partial charge in [-0.15, -0.1) is 11.3 Å². The number of thiocarbonyl (C=S) groups is 1. The molecule has 1 aromatic carbocycles. The van der Waals surface area contributed by atoms with Crippen molar-refractivity contribution in [1.82, 2.24) is 16.2 Å². The zero-order chi connectivity index (χ0) is 16.8. The highest BCUT2D eigenvalue weighted by Crippen LogP contribution is 2.22. The Morgan fingerprint density at radius 1 is 1.13 bits per heavy atom. The van der Waals surface area contributed by atoms with Gasteiger partial charge >= 0.3 is 0 Å². The van der Waals surface area contributed by atoms with Gasteiger partial charge in [-0.3, -0.25) is 25.8 Å². The van der Waals surface area contributed by atoms with E-state index in [-0.39, 0.29) is 11.0 Å². The van der Waals surface area contributed by atoms with Gasteiger partial charge in [0.15, 0.2) is 5.11 Å². The number of nitrogens with one attached hydrogen (secondary N) is 3. The summed E-state index contributed by atoms with van der Waals surface area (Å²) in [5.41, 5.74) is 6.11. The average Bonchev–Trinajstić information content (AvgIpc) is 3.06. The number of hydrogen-bond acceptors (Lipinski definition) is 5. The molecule has 1 heterocycles. The van der Waals surface area contributed by atoms with Crippen molar-refractivity contribution < 1.29 is 14.3 Å². The number of aryl methyl sites for hydroxylation is 1.